The van der Waals surface area contributed by atoms with Crippen LogP contribution in [0.4, 0.5) is 0 Å². The highest BCUT2D eigenvalue weighted by atomic mass is 35.5. The minimum Gasteiger partial charge on any atom is -0.486 e. The van der Waals surface area contributed by atoms with Crippen molar-refractivity contribution in [3.05, 3.63) is 86.2 Å². The third-order valence-electron chi connectivity index (χ3n) is 7.22. The number of rotatable bonds is 7. The molecule has 2 aromatic carbocycles. The summed E-state index contributed by atoms with van der Waals surface area (Å²) in [7, 11) is 0. The van der Waals surface area contributed by atoms with Crippen LogP contribution in [0.2, 0.25) is 10.0 Å². The van der Waals surface area contributed by atoms with Crippen molar-refractivity contribution in [3.63, 3.8) is 0 Å². The molecular formula is C29H27Cl2NO5. The monoisotopic (exact) mass is 539 g/mol. The summed E-state index contributed by atoms with van der Waals surface area (Å²) < 4.78 is 5.94. The van der Waals surface area contributed by atoms with Crippen molar-refractivity contribution in [1.82, 2.24) is 4.90 Å². The van der Waals surface area contributed by atoms with Crippen LogP contribution in [0.25, 0.3) is 0 Å². The molecule has 0 bridgehead atoms. The average molecular weight is 540 g/mol. The number of nitrogens with zero attached hydrogens (tertiary/aromatic N) is 1. The number of halogens is 2. The van der Waals surface area contributed by atoms with Crippen molar-refractivity contribution >= 4 is 40.7 Å². The maximum absolute atomic E-state index is 13.3. The van der Waals surface area contributed by atoms with E-state index in [0.29, 0.717) is 77.6 Å². The molecule has 0 saturated carbocycles. The van der Waals surface area contributed by atoms with Crippen molar-refractivity contribution < 1.29 is 24.2 Å². The fourth-order valence-electron chi connectivity index (χ4n) is 5.64. The lowest BCUT2D eigenvalue weighted by Gasteiger charge is -2.44. The molecule has 0 saturated heterocycles. The fourth-order valence-corrected chi connectivity index (χ4v) is 6.25. The van der Waals surface area contributed by atoms with Gasteiger partial charge in [-0.2, -0.15) is 0 Å². The molecule has 0 radical (unpaired) electrons. The number of carboxylic acid groups (broad SMARTS) is 1. The molecular weight excluding hydrogens is 513 g/mol. The summed E-state index contributed by atoms with van der Waals surface area (Å²) in [5.41, 5.74) is 4.43. The van der Waals surface area contributed by atoms with Gasteiger partial charge in [0.05, 0.1) is 16.5 Å². The average Bonchev–Trinajstić information content (AvgIpc) is 2.87. The van der Waals surface area contributed by atoms with E-state index >= 15 is 0 Å². The Balaban J connectivity index is 1.58. The molecule has 192 valence electrons. The van der Waals surface area contributed by atoms with Gasteiger partial charge in [-0.3, -0.25) is 14.4 Å². The van der Waals surface area contributed by atoms with Crippen molar-refractivity contribution in [3.8, 4) is 5.75 Å². The molecule has 1 heterocycles. The van der Waals surface area contributed by atoms with Crippen LogP contribution in [0.15, 0.2) is 65.0 Å². The quantitative estimate of drug-likeness (QED) is 0.434. The van der Waals surface area contributed by atoms with Gasteiger partial charge < -0.3 is 14.7 Å². The lowest BCUT2D eigenvalue weighted by Crippen LogP contribution is -2.39. The highest BCUT2D eigenvalue weighted by molar-refractivity contribution is 6.37. The van der Waals surface area contributed by atoms with Crippen LogP contribution in [0.3, 0.4) is 0 Å². The van der Waals surface area contributed by atoms with Crippen LogP contribution in [-0.4, -0.2) is 34.1 Å². The van der Waals surface area contributed by atoms with E-state index in [1.165, 1.54) is 0 Å². The molecule has 0 atom stereocenters. The summed E-state index contributed by atoms with van der Waals surface area (Å²) in [4.78, 5) is 40.0. The highest BCUT2D eigenvalue weighted by Gasteiger charge is 2.43. The van der Waals surface area contributed by atoms with Gasteiger partial charge in [0.1, 0.15) is 6.61 Å². The van der Waals surface area contributed by atoms with E-state index in [1.807, 2.05) is 35.2 Å². The lowest BCUT2D eigenvalue weighted by molar-refractivity contribution is -0.137. The zero-order valence-corrected chi connectivity index (χ0v) is 21.8. The van der Waals surface area contributed by atoms with Crippen LogP contribution in [0, 0.1) is 0 Å². The largest absolute Gasteiger partial charge is 0.486 e. The van der Waals surface area contributed by atoms with Crippen molar-refractivity contribution in [2.24, 2.45) is 0 Å². The molecule has 8 heteroatoms. The number of benzene rings is 2. The van der Waals surface area contributed by atoms with Crippen molar-refractivity contribution in [2.75, 3.05) is 6.54 Å². The Kier molecular flexibility index (Phi) is 7.40. The van der Waals surface area contributed by atoms with Gasteiger partial charge in [0.2, 0.25) is 0 Å². The molecule has 37 heavy (non-hydrogen) atoms. The van der Waals surface area contributed by atoms with Gasteiger partial charge in [0.25, 0.3) is 0 Å². The Morgan fingerprint density at radius 1 is 0.919 bits per heavy atom. The summed E-state index contributed by atoms with van der Waals surface area (Å²) >= 11 is 13.3. The first-order chi connectivity index (χ1) is 17.8. The number of allylic oxidation sites excluding steroid dienone is 4. The van der Waals surface area contributed by atoms with E-state index < -0.39 is 11.9 Å². The molecule has 0 fully saturated rings. The molecule has 6 nitrogen and oxygen atoms in total. The molecule has 0 amide bonds. The second kappa shape index (κ2) is 10.7. The Morgan fingerprint density at radius 3 is 2.03 bits per heavy atom. The number of aliphatic carboxylic acids is 1. The van der Waals surface area contributed by atoms with E-state index in [1.54, 1.807) is 12.1 Å². The van der Waals surface area contributed by atoms with Crippen LogP contribution in [-0.2, 0) is 21.0 Å². The van der Waals surface area contributed by atoms with Crippen molar-refractivity contribution in [1.29, 1.82) is 0 Å². The Labute approximate surface area is 225 Å². The number of ketones is 2. The van der Waals surface area contributed by atoms with Crippen LogP contribution in [0.1, 0.15) is 62.0 Å². The molecule has 1 aliphatic heterocycles. The highest BCUT2D eigenvalue weighted by Crippen LogP contribution is 2.50. The van der Waals surface area contributed by atoms with Gasteiger partial charge in [-0.05, 0) is 48.9 Å². The van der Waals surface area contributed by atoms with Gasteiger partial charge in [-0.15, -0.1) is 0 Å². The maximum atomic E-state index is 13.3. The molecule has 2 aromatic rings. The van der Waals surface area contributed by atoms with E-state index in [2.05, 4.69) is 0 Å². The van der Waals surface area contributed by atoms with E-state index in [9.17, 15) is 19.5 Å². The first-order valence-electron chi connectivity index (χ1n) is 12.5. The Bertz CT molecular complexity index is 1260. The third-order valence-corrected chi connectivity index (χ3v) is 7.78. The normalized spacial score (nSPS) is 18.2. The number of ether oxygens (including phenoxy) is 1. The zero-order chi connectivity index (χ0) is 26.1. The number of Topliss-reactive ketones (excluding diaryl/α,β-unsaturated/α-hetero) is 2. The number of carbonyl (C=O) groups excluding carboxylic acids is 2. The van der Waals surface area contributed by atoms with E-state index in [0.717, 1.165) is 17.0 Å². The second-order valence-corrected chi connectivity index (χ2v) is 10.4. The van der Waals surface area contributed by atoms with Gasteiger partial charge in [-0.25, -0.2) is 0 Å². The Morgan fingerprint density at radius 2 is 1.49 bits per heavy atom. The van der Waals surface area contributed by atoms with Crippen LogP contribution >= 0.6 is 23.2 Å². The first kappa shape index (κ1) is 25.6. The topological polar surface area (TPSA) is 83.9 Å². The smallest absolute Gasteiger partial charge is 0.305 e. The predicted molar refractivity (Wildman–Crippen MR) is 141 cm³/mol. The molecule has 3 aliphatic rings. The van der Waals surface area contributed by atoms with E-state index in [4.69, 9.17) is 27.9 Å². The number of hydrogen-bond donors (Lipinski definition) is 1. The predicted octanol–water partition coefficient (Wildman–Crippen LogP) is 6.46. The molecule has 2 aliphatic carbocycles. The summed E-state index contributed by atoms with van der Waals surface area (Å²) in [6.45, 7) is 0.525. The van der Waals surface area contributed by atoms with Crippen LogP contribution < -0.4 is 4.74 Å². The number of hydrogen-bond acceptors (Lipinski definition) is 5. The minimum atomic E-state index is -0.916. The molecule has 0 spiro atoms. The van der Waals surface area contributed by atoms with Crippen molar-refractivity contribution in [2.45, 2.75) is 57.5 Å². The van der Waals surface area contributed by atoms with Gasteiger partial charge >= 0.3 is 5.97 Å². The summed E-state index contributed by atoms with van der Waals surface area (Å²) in [6, 6.07) is 13.1. The van der Waals surface area contributed by atoms with E-state index in [-0.39, 0.29) is 24.5 Å². The number of carboxylic acids is 1. The standard InChI is InChI=1S/C29H27Cl2NO5/c30-19-14-18(15-20(31)29(19)37-16-17-6-2-1-3-7-17)26-27-21(8-4-10-23(27)33)32(13-12-25(35)36)22-9-5-11-24(34)28(22)26/h1-3,6-7,14-15,26H,4-5,8-13,16H2,(H,35,36). The summed E-state index contributed by atoms with van der Waals surface area (Å²) in [5.74, 6) is -1.19. The van der Waals surface area contributed by atoms with Gasteiger partial charge in [0, 0.05) is 47.8 Å². The first-order valence-corrected chi connectivity index (χ1v) is 13.3. The van der Waals surface area contributed by atoms with Crippen LogP contribution in [0.5, 0.6) is 5.75 Å². The Hall–Kier alpha value is -3.09. The summed E-state index contributed by atoms with van der Waals surface area (Å²) in [6.07, 6.45) is 3.39. The SMILES string of the molecule is O=C(O)CCN1C2=C(C(=O)CCC2)C(c2cc(Cl)c(OCc3ccccc3)c(Cl)c2)C2=C1CCCC2=O. The minimum absolute atomic E-state index is 0.0202. The molecule has 1 N–H and O–H groups in total. The molecule has 5 rings (SSSR count). The van der Waals surface area contributed by atoms with Gasteiger partial charge in [0.15, 0.2) is 17.3 Å². The summed E-state index contributed by atoms with van der Waals surface area (Å²) in [5, 5.41) is 9.96. The zero-order valence-electron chi connectivity index (χ0n) is 20.3. The molecule has 0 unspecified atom stereocenters. The lowest BCUT2D eigenvalue weighted by atomic mass is 9.71. The fraction of sp³-hybridized carbons (Fsp3) is 0.345. The number of carbonyl (C=O) groups is 3. The second-order valence-electron chi connectivity index (χ2n) is 9.59. The third kappa shape index (κ3) is 5.05. The van der Waals surface area contributed by atoms with Gasteiger partial charge in [-0.1, -0.05) is 53.5 Å². The molecule has 0 aromatic heterocycles. The maximum Gasteiger partial charge on any atom is 0.305 e.